The molecule has 0 saturated carbocycles. The van der Waals surface area contributed by atoms with Gasteiger partial charge < -0.3 is 10.0 Å². The molecule has 1 aromatic carbocycles. The van der Waals surface area contributed by atoms with Gasteiger partial charge in [-0.3, -0.25) is 9.88 Å². The Kier molecular flexibility index (Phi) is 4.77. The molecule has 6 heteroatoms. The average Bonchev–Trinajstić information content (AvgIpc) is 2.68. The molecule has 1 saturated heterocycles. The smallest absolute Gasteiger partial charge is 0.162 e. The highest BCUT2D eigenvalue weighted by Gasteiger charge is 2.21. The predicted octanol–water partition coefficient (Wildman–Crippen LogP) is 2.19. The van der Waals surface area contributed by atoms with Crippen LogP contribution in [0.25, 0.3) is 22.3 Å². The molecule has 6 nitrogen and oxygen atoms in total. The summed E-state index contributed by atoms with van der Waals surface area (Å²) >= 11 is 0. The Balaban J connectivity index is 1.68. The van der Waals surface area contributed by atoms with Gasteiger partial charge in [0.2, 0.25) is 0 Å². The fourth-order valence-electron chi connectivity index (χ4n) is 3.45. The highest BCUT2D eigenvalue weighted by molar-refractivity contribution is 5.91. The summed E-state index contributed by atoms with van der Waals surface area (Å²) in [6.45, 7) is 6.20. The second-order valence-corrected chi connectivity index (χ2v) is 6.76. The Labute approximate surface area is 153 Å². The largest absolute Gasteiger partial charge is 0.392 e. The van der Waals surface area contributed by atoms with Crippen molar-refractivity contribution in [3.05, 3.63) is 48.8 Å². The Morgan fingerprint density at radius 1 is 1.00 bits per heavy atom. The molecule has 3 aromatic rings. The number of hydrogen-bond donors (Lipinski definition) is 1. The quantitative estimate of drug-likeness (QED) is 0.779. The van der Waals surface area contributed by atoms with E-state index in [0.717, 1.165) is 60.8 Å². The predicted molar refractivity (Wildman–Crippen MR) is 103 cm³/mol. The van der Waals surface area contributed by atoms with Crippen molar-refractivity contribution < 1.29 is 5.11 Å². The van der Waals surface area contributed by atoms with E-state index in [0.29, 0.717) is 0 Å². The highest BCUT2D eigenvalue weighted by atomic mass is 16.3. The fourth-order valence-corrected chi connectivity index (χ4v) is 3.45. The van der Waals surface area contributed by atoms with Gasteiger partial charge in [0, 0.05) is 56.1 Å². The lowest BCUT2D eigenvalue weighted by atomic mass is 10.2. The van der Waals surface area contributed by atoms with Crippen LogP contribution in [0.1, 0.15) is 6.92 Å². The van der Waals surface area contributed by atoms with Crippen LogP contribution in [-0.4, -0.2) is 63.8 Å². The van der Waals surface area contributed by atoms with E-state index in [1.54, 1.807) is 12.4 Å². The van der Waals surface area contributed by atoms with Crippen LogP contribution in [0.3, 0.4) is 0 Å². The lowest BCUT2D eigenvalue weighted by molar-refractivity contribution is 0.122. The zero-order valence-corrected chi connectivity index (χ0v) is 14.9. The first kappa shape index (κ1) is 16.9. The van der Waals surface area contributed by atoms with Crippen molar-refractivity contribution in [2.24, 2.45) is 0 Å². The van der Waals surface area contributed by atoms with Crippen molar-refractivity contribution in [1.82, 2.24) is 19.9 Å². The number of anilines is 1. The monoisotopic (exact) mass is 349 g/mol. The SMILES string of the molecule is C[C@H](O)CN1CCN(c2nc(-c3ccncc3)nc3ccccc23)CC1. The first-order valence-electron chi connectivity index (χ1n) is 9.03. The highest BCUT2D eigenvalue weighted by Crippen LogP contribution is 2.28. The van der Waals surface area contributed by atoms with Crippen molar-refractivity contribution >= 4 is 16.7 Å². The maximum absolute atomic E-state index is 9.61. The molecule has 0 bridgehead atoms. The zero-order chi connectivity index (χ0) is 17.9. The van der Waals surface area contributed by atoms with Gasteiger partial charge in [-0.15, -0.1) is 0 Å². The van der Waals surface area contributed by atoms with Gasteiger partial charge in [0.25, 0.3) is 0 Å². The number of rotatable bonds is 4. The van der Waals surface area contributed by atoms with E-state index in [4.69, 9.17) is 9.97 Å². The number of piperazine rings is 1. The van der Waals surface area contributed by atoms with E-state index in [1.165, 1.54) is 0 Å². The Morgan fingerprint density at radius 2 is 1.73 bits per heavy atom. The maximum Gasteiger partial charge on any atom is 0.162 e. The molecule has 1 N–H and O–H groups in total. The Hall–Kier alpha value is -2.57. The van der Waals surface area contributed by atoms with Gasteiger partial charge in [0.15, 0.2) is 5.82 Å². The van der Waals surface area contributed by atoms with E-state index in [2.05, 4.69) is 20.9 Å². The molecule has 1 aliphatic rings. The minimum absolute atomic E-state index is 0.292. The third-order valence-corrected chi connectivity index (χ3v) is 4.72. The number of aliphatic hydroxyl groups is 1. The third-order valence-electron chi connectivity index (χ3n) is 4.72. The average molecular weight is 349 g/mol. The van der Waals surface area contributed by atoms with E-state index in [1.807, 2.05) is 37.3 Å². The van der Waals surface area contributed by atoms with Gasteiger partial charge in [-0.2, -0.15) is 0 Å². The van der Waals surface area contributed by atoms with Gasteiger partial charge in [0.1, 0.15) is 5.82 Å². The Bertz CT molecular complexity index is 876. The van der Waals surface area contributed by atoms with Crippen molar-refractivity contribution in [3.63, 3.8) is 0 Å². The summed E-state index contributed by atoms with van der Waals surface area (Å²) in [6.07, 6.45) is 3.24. The molecule has 1 fully saturated rings. The fraction of sp³-hybridized carbons (Fsp3) is 0.350. The minimum atomic E-state index is -0.292. The van der Waals surface area contributed by atoms with Gasteiger partial charge in [-0.25, -0.2) is 9.97 Å². The molecular formula is C20H23N5O. The number of fused-ring (bicyclic) bond motifs is 1. The van der Waals surface area contributed by atoms with Crippen LogP contribution in [-0.2, 0) is 0 Å². The number of aromatic nitrogens is 3. The van der Waals surface area contributed by atoms with Crippen molar-refractivity contribution in [2.45, 2.75) is 13.0 Å². The van der Waals surface area contributed by atoms with Crippen LogP contribution in [0.4, 0.5) is 5.82 Å². The van der Waals surface area contributed by atoms with E-state index < -0.39 is 0 Å². The minimum Gasteiger partial charge on any atom is -0.392 e. The normalized spacial score (nSPS) is 16.8. The molecule has 3 heterocycles. The van der Waals surface area contributed by atoms with Crippen LogP contribution in [0.5, 0.6) is 0 Å². The number of aliphatic hydroxyl groups excluding tert-OH is 1. The maximum atomic E-state index is 9.61. The van der Waals surface area contributed by atoms with E-state index >= 15 is 0 Å². The molecule has 1 aliphatic heterocycles. The molecule has 0 spiro atoms. The number of pyridine rings is 1. The van der Waals surface area contributed by atoms with Crippen molar-refractivity contribution in [3.8, 4) is 11.4 Å². The van der Waals surface area contributed by atoms with E-state index in [-0.39, 0.29) is 6.10 Å². The summed E-state index contributed by atoms with van der Waals surface area (Å²) in [5.41, 5.74) is 1.93. The molecule has 1 atom stereocenters. The summed E-state index contributed by atoms with van der Waals surface area (Å²) in [5.74, 6) is 1.71. The second-order valence-electron chi connectivity index (χ2n) is 6.76. The number of hydrogen-bond acceptors (Lipinski definition) is 6. The molecule has 2 aromatic heterocycles. The lowest BCUT2D eigenvalue weighted by Gasteiger charge is -2.36. The van der Waals surface area contributed by atoms with Crippen LogP contribution >= 0.6 is 0 Å². The van der Waals surface area contributed by atoms with Crippen LogP contribution in [0.15, 0.2) is 48.8 Å². The summed E-state index contributed by atoms with van der Waals surface area (Å²) in [4.78, 5) is 18.4. The molecule has 0 radical (unpaired) electrons. The van der Waals surface area contributed by atoms with Crippen LogP contribution < -0.4 is 4.90 Å². The number of benzene rings is 1. The molecule has 0 unspecified atom stereocenters. The summed E-state index contributed by atoms with van der Waals surface area (Å²) in [6, 6.07) is 12.0. The second kappa shape index (κ2) is 7.35. The van der Waals surface area contributed by atoms with E-state index in [9.17, 15) is 5.11 Å². The summed E-state index contributed by atoms with van der Waals surface area (Å²) in [7, 11) is 0. The van der Waals surface area contributed by atoms with Gasteiger partial charge in [-0.1, -0.05) is 12.1 Å². The van der Waals surface area contributed by atoms with Crippen molar-refractivity contribution in [1.29, 1.82) is 0 Å². The third kappa shape index (κ3) is 3.52. The van der Waals surface area contributed by atoms with Gasteiger partial charge >= 0.3 is 0 Å². The molecule has 0 aliphatic carbocycles. The molecule has 4 rings (SSSR count). The molecule has 26 heavy (non-hydrogen) atoms. The first-order valence-corrected chi connectivity index (χ1v) is 9.03. The van der Waals surface area contributed by atoms with Gasteiger partial charge in [-0.05, 0) is 31.2 Å². The standard InChI is InChI=1S/C20H23N5O/c1-15(26)14-24-10-12-25(13-11-24)20-17-4-2-3-5-18(17)22-19(23-20)16-6-8-21-9-7-16/h2-9,15,26H,10-14H2,1H3/t15-/m0/s1. The van der Waals surface area contributed by atoms with Crippen LogP contribution in [0, 0.1) is 0 Å². The first-order chi connectivity index (χ1) is 12.7. The summed E-state index contributed by atoms with van der Waals surface area (Å²) < 4.78 is 0. The Morgan fingerprint density at radius 3 is 2.46 bits per heavy atom. The number of nitrogens with zero attached hydrogens (tertiary/aromatic N) is 5. The van der Waals surface area contributed by atoms with Crippen LogP contribution in [0.2, 0.25) is 0 Å². The number of β-amino-alcohol motifs (C(OH)–C–C–N with tert-alkyl or cyclic N) is 1. The van der Waals surface area contributed by atoms with Gasteiger partial charge in [0.05, 0.1) is 11.6 Å². The molecule has 0 amide bonds. The molecular weight excluding hydrogens is 326 g/mol. The lowest BCUT2D eigenvalue weighted by Crippen LogP contribution is -2.48. The number of para-hydroxylation sites is 1. The summed E-state index contributed by atoms with van der Waals surface area (Å²) in [5, 5.41) is 10.7. The topological polar surface area (TPSA) is 65.4 Å². The molecule has 134 valence electrons. The van der Waals surface area contributed by atoms with Crippen molar-refractivity contribution in [2.75, 3.05) is 37.6 Å². The zero-order valence-electron chi connectivity index (χ0n) is 14.9.